The fraction of sp³-hybridized carbons (Fsp3) is 0.419. The van der Waals surface area contributed by atoms with E-state index < -0.39 is 57.9 Å². The molecule has 1 saturated heterocycles. The molecule has 2 aromatic rings. The topological polar surface area (TPSA) is 187 Å². The maximum atomic E-state index is 13.6. The molecule has 0 aliphatic carbocycles. The van der Waals surface area contributed by atoms with Gasteiger partial charge in [0.05, 0.1) is 25.1 Å². The summed E-state index contributed by atoms with van der Waals surface area (Å²) >= 11 is -1.93. The number of nitro groups is 1. The molecule has 3 unspecified atom stereocenters. The third-order valence-corrected chi connectivity index (χ3v) is 8.20. The molecule has 2 aromatic carbocycles. The first kappa shape index (κ1) is 35.8. The van der Waals surface area contributed by atoms with Crippen molar-refractivity contribution in [2.45, 2.75) is 52.1 Å². The van der Waals surface area contributed by atoms with Gasteiger partial charge < -0.3 is 28.8 Å². The Morgan fingerprint density at radius 3 is 2.22 bits per heavy atom. The molecule has 3 atom stereocenters. The predicted octanol–water partition coefficient (Wildman–Crippen LogP) is 3.01. The highest BCUT2D eigenvalue weighted by atomic mass is 32.2. The molecule has 1 N–H and O–H groups in total. The number of carbonyl (C=O) groups is 4. The SMILES string of the molecule is COc1ccc(COC(=O)C(=C(C)C)N2C(=O)C(NC(=O)COc3ccc([N+](=O)[O-])cc3)C2[S+]([O-])CCC(=O)OCC(C)C)cc1. The zero-order valence-corrected chi connectivity index (χ0v) is 27.0. The molecule has 1 heterocycles. The monoisotopic (exact) mass is 659 g/mol. The van der Waals surface area contributed by atoms with Crippen molar-refractivity contribution < 1.29 is 47.6 Å². The second-order valence-corrected chi connectivity index (χ2v) is 12.5. The number of non-ortho nitro benzene ring substituents is 1. The molecule has 1 aliphatic rings. The van der Waals surface area contributed by atoms with E-state index in [1.165, 1.54) is 31.4 Å². The van der Waals surface area contributed by atoms with E-state index in [-0.39, 0.29) is 48.4 Å². The fourth-order valence-corrected chi connectivity index (χ4v) is 5.79. The Hall–Kier alpha value is -4.63. The number of benzene rings is 2. The summed E-state index contributed by atoms with van der Waals surface area (Å²) in [5, 5.41) is 12.2. The van der Waals surface area contributed by atoms with E-state index in [1.54, 1.807) is 38.1 Å². The number of likely N-dealkylation sites (tertiary alicyclic amines) is 1. The molecule has 2 amide bonds. The maximum absolute atomic E-state index is 13.6. The van der Waals surface area contributed by atoms with Crippen LogP contribution in [0.3, 0.4) is 0 Å². The molecule has 0 radical (unpaired) electrons. The van der Waals surface area contributed by atoms with Crippen LogP contribution in [0.15, 0.2) is 59.8 Å². The van der Waals surface area contributed by atoms with Crippen LogP contribution >= 0.6 is 0 Å². The largest absolute Gasteiger partial charge is 0.615 e. The summed E-state index contributed by atoms with van der Waals surface area (Å²) in [6.45, 7) is 6.44. The Morgan fingerprint density at radius 1 is 1.02 bits per heavy atom. The van der Waals surface area contributed by atoms with E-state index >= 15 is 0 Å². The molecule has 0 saturated carbocycles. The minimum absolute atomic E-state index is 0.103. The van der Waals surface area contributed by atoms with Gasteiger partial charge in [0.25, 0.3) is 17.5 Å². The average Bonchev–Trinajstić information content (AvgIpc) is 3.03. The minimum atomic E-state index is -1.93. The second-order valence-electron chi connectivity index (χ2n) is 10.9. The van der Waals surface area contributed by atoms with E-state index in [9.17, 15) is 33.8 Å². The zero-order chi connectivity index (χ0) is 34.0. The van der Waals surface area contributed by atoms with Gasteiger partial charge in [-0.15, -0.1) is 0 Å². The van der Waals surface area contributed by atoms with Crippen molar-refractivity contribution in [2.24, 2.45) is 5.92 Å². The van der Waals surface area contributed by atoms with Crippen molar-refractivity contribution >= 4 is 40.6 Å². The van der Waals surface area contributed by atoms with Crippen LogP contribution < -0.4 is 14.8 Å². The number of hydrogen-bond acceptors (Lipinski definition) is 11. The normalized spacial score (nSPS) is 16.2. The first-order valence-electron chi connectivity index (χ1n) is 14.3. The standard InChI is InChI=1S/C31H37N3O11S/c1-19(2)16-44-26(36)14-15-46(41)30-27(32-25(35)18-43-24-12-8-22(9-13-24)34(39)40)29(37)33(30)28(20(3)4)31(38)45-17-21-6-10-23(42-5)11-7-21/h6-13,19,27,30H,14-18H2,1-5H3,(H,32,35). The van der Waals surface area contributed by atoms with Crippen molar-refractivity contribution in [3.8, 4) is 11.5 Å². The lowest BCUT2D eigenvalue weighted by Gasteiger charge is -2.46. The number of nitro benzene ring substituents is 1. The number of β-lactam (4-membered cyclic amide) rings is 1. The van der Waals surface area contributed by atoms with E-state index in [2.05, 4.69) is 5.32 Å². The molecular formula is C31H37N3O11S. The predicted molar refractivity (Wildman–Crippen MR) is 166 cm³/mol. The average molecular weight is 660 g/mol. The van der Waals surface area contributed by atoms with Gasteiger partial charge >= 0.3 is 11.9 Å². The van der Waals surface area contributed by atoms with E-state index in [4.69, 9.17) is 18.9 Å². The van der Waals surface area contributed by atoms with Crippen LogP contribution in [0.4, 0.5) is 5.69 Å². The molecule has 248 valence electrons. The summed E-state index contributed by atoms with van der Waals surface area (Å²) in [6.07, 6.45) is -0.214. The summed E-state index contributed by atoms with van der Waals surface area (Å²) in [7, 11) is 1.52. The highest BCUT2D eigenvalue weighted by Gasteiger charge is 2.58. The number of nitrogens with zero attached hydrogens (tertiary/aromatic N) is 2. The molecule has 0 bridgehead atoms. The van der Waals surface area contributed by atoms with Crippen LogP contribution in [0.5, 0.6) is 11.5 Å². The number of hydrogen-bond donors (Lipinski definition) is 1. The Bertz CT molecular complexity index is 1440. The minimum Gasteiger partial charge on any atom is -0.615 e. The summed E-state index contributed by atoms with van der Waals surface area (Å²) in [6, 6.07) is 10.6. The Labute approximate surface area is 269 Å². The van der Waals surface area contributed by atoms with E-state index in [0.29, 0.717) is 16.9 Å². The molecule has 1 aliphatic heterocycles. The number of methoxy groups -OCH3 is 1. The molecule has 46 heavy (non-hydrogen) atoms. The number of carbonyl (C=O) groups excluding carboxylic acids is 4. The number of esters is 2. The summed E-state index contributed by atoms with van der Waals surface area (Å²) in [5.74, 6) is -2.16. The van der Waals surface area contributed by atoms with Gasteiger partial charge in [0.2, 0.25) is 5.37 Å². The number of allylic oxidation sites excluding steroid dienone is 1. The quantitative estimate of drug-likeness (QED) is 0.0697. The lowest BCUT2D eigenvalue weighted by atomic mass is 10.0. The van der Waals surface area contributed by atoms with Gasteiger partial charge in [0.15, 0.2) is 12.6 Å². The number of amides is 2. The van der Waals surface area contributed by atoms with Gasteiger partial charge in [-0.2, -0.15) is 0 Å². The summed E-state index contributed by atoms with van der Waals surface area (Å²) in [4.78, 5) is 63.0. The molecule has 1 fully saturated rings. The smallest absolute Gasteiger partial charge is 0.355 e. The fourth-order valence-electron chi connectivity index (χ4n) is 4.25. The molecule has 3 rings (SSSR count). The molecule has 0 aromatic heterocycles. The van der Waals surface area contributed by atoms with Crippen LogP contribution in [-0.2, 0) is 46.4 Å². The van der Waals surface area contributed by atoms with Gasteiger partial charge in [-0.25, -0.2) is 4.79 Å². The van der Waals surface area contributed by atoms with Gasteiger partial charge in [-0.1, -0.05) is 26.0 Å². The summed E-state index contributed by atoms with van der Waals surface area (Å²) < 4.78 is 34.7. The van der Waals surface area contributed by atoms with E-state index in [1.807, 2.05) is 13.8 Å². The van der Waals surface area contributed by atoms with Gasteiger partial charge in [0, 0.05) is 12.1 Å². The third kappa shape index (κ3) is 9.68. The number of ether oxygens (including phenoxy) is 4. The second kappa shape index (κ2) is 16.6. The van der Waals surface area contributed by atoms with Crippen LogP contribution in [0.1, 0.15) is 39.7 Å². The van der Waals surface area contributed by atoms with Crippen LogP contribution in [-0.4, -0.2) is 75.6 Å². The Balaban J connectivity index is 1.74. The molecule has 14 nitrogen and oxygen atoms in total. The van der Waals surface area contributed by atoms with Crippen molar-refractivity contribution in [3.05, 3.63) is 75.5 Å². The zero-order valence-electron chi connectivity index (χ0n) is 26.2. The van der Waals surface area contributed by atoms with Crippen molar-refractivity contribution in [1.29, 1.82) is 0 Å². The van der Waals surface area contributed by atoms with Crippen molar-refractivity contribution in [2.75, 3.05) is 26.1 Å². The summed E-state index contributed by atoms with van der Waals surface area (Å²) in [5.41, 5.74) is 0.771. The maximum Gasteiger partial charge on any atom is 0.355 e. The van der Waals surface area contributed by atoms with E-state index in [0.717, 1.165) is 4.90 Å². The first-order valence-corrected chi connectivity index (χ1v) is 15.7. The molecular weight excluding hydrogens is 622 g/mol. The van der Waals surface area contributed by atoms with Gasteiger partial charge in [0.1, 0.15) is 29.6 Å². The molecule has 15 heteroatoms. The lowest BCUT2D eigenvalue weighted by molar-refractivity contribution is -0.384. The number of nitrogens with one attached hydrogen (secondary N) is 1. The Morgan fingerprint density at radius 2 is 1.65 bits per heavy atom. The van der Waals surface area contributed by atoms with Crippen LogP contribution in [0.2, 0.25) is 0 Å². The first-order chi connectivity index (χ1) is 21.8. The Kier molecular flexibility index (Phi) is 12.9. The van der Waals surface area contributed by atoms with Gasteiger partial charge in [-0.3, -0.25) is 29.4 Å². The third-order valence-electron chi connectivity index (χ3n) is 6.57. The molecule has 0 spiro atoms. The highest BCUT2D eigenvalue weighted by molar-refractivity contribution is 7.92. The highest BCUT2D eigenvalue weighted by Crippen LogP contribution is 2.33. The van der Waals surface area contributed by atoms with Crippen molar-refractivity contribution in [1.82, 2.24) is 10.2 Å². The van der Waals surface area contributed by atoms with Crippen LogP contribution in [0.25, 0.3) is 0 Å². The number of rotatable bonds is 16. The van der Waals surface area contributed by atoms with Crippen LogP contribution in [0, 0.1) is 16.0 Å². The van der Waals surface area contributed by atoms with Gasteiger partial charge in [-0.05, 0) is 66.3 Å². The lowest BCUT2D eigenvalue weighted by Crippen LogP contribution is -2.73. The van der Waals surface area contributed by atoms with Crippen molar-refractivity contribution in [3.63, 3.8) is 0 Å².